The molecule has 0 saturated heterocycles. The molecule has 20 heavy (non-hydrogen) atoms. The van der Waals surface area contributed by atoms with Gasteiger partial charge in [-0.05, 0) is 32.9 Å². The molecular weight excluding hydrogens is 263 g/mol. The molecular formula is C14H17FN2O3. The van der Waals surface area contributed by atoms with Crippen molar-refractivity contribution in [2.45, 2.75) is 26.4 Å². The smallest absolute Gasteiger partial charge is 0.407 e. The van der Waals surface area contributed by atoms with Gasteiger partial charge in [-0.25, -0.2) is 9.18 Å². The van der Waals surface area contributed by atoms with Gasteiger partial charge in [0.25, 0.3) is 0 Å². The number of amides is 1. The van der Waals surface area contributed by atoms with Gasteiger partial charge in [0.2, 0.25) is 0 Å². The van der Waals surface area contributed by atoms with Crippen LogP contribution in [0.1, 0.15) is 26.3 Å². The molecule has 0 aromatic heterocycles. The first kappa shape index (κ1) is 15.8. The zero-order chi connectivity index (χ0) is 15.2. The Morgan fingerprint density at radius 1 is 1.45 bits per heavy atom. The minimum absolute atomic E-state index is 0.109. The number of nitrogens with one attached hydrogen (secondary N) is 1. The molecule has 0 unspecified atom stereocenters. The van der Waals surface area contributed by atoms with Crippen LogP contribution in [0.25, 0.3) is 0 Å². The number of halogens is 1. The van der Waals surface area contributed by atoms with E-state index < -0.39 is 17.5 Å². The van der Waals surface area contributed by atoms with Gasteiger partial charge in [0.1, 0.15) is 29.8 Å². The van der Waals surface area contributed by atoms with Gasteiger partial charge in [-0.15, -0.1) is 0 Å². The van der Waals surface area contributed by atoms with Gasteiger partial charge in [0.05, 0.1) is 12.1 Å². The minimum atomic E-state index is -0.568. The Morgan fingerprint density at radius 3 is 2.75 bits per heavy atom. The molecule has 0 radical (unpaired) electrons. The summed E-state index contributed by atoms with van der Waals surface area (Å²) in [5.41, 5.74) is -0.328. The fraction of sp³-hybridized carbons (Fsp3) is 0.429. The van der Waals surface area contributed by atoms with Crippen LogP contribution >= 0.6 is 0 Å². The number of hydrogen-bond acceptors (Lipinski definition) is 4. The van der Waals surface area contributed by atoms with E-state index in [0.29, 0.717) is 0 Å². The van der Waals surface area contributed by atoms with E-state index >= 15 is 0 Å². The van der Waals surface area contributed by atoms with Gasteiger partial charge < -0.3 is 14.8 Å². The first-order chi connectivity index (χ1) is 9.31. The molecule has 1 aromatic carbocycles. The van der Waals surface area contributed by atoms with Crippen LogP contribution in [0.2, 0.25) is 0 Å². The molecule has 0 aliphatic rings. The predicted molar refractivity (Wildman–Crippen MR) is 70.8 cm³/mol. The molecule has 0 spiro atoms. The van der Waals surface area contributed by atoms with E-state index in [-0.39, 0.29) is 24.5 Å². The largest absolute Gasteiger partial charge is 0.490 e. The van der Waals surface area contributed by atoms with Crippen LogP contribution in [0.3, 0.4) is 0 Å². The Morgan fingerprint density at radius 2 is 2.15 bits per heavy atom. The summed E-state index contributed by atoms with van der Waals surface area (Å²) in [6.45, 7) is 5.58. The van der Waals surface area contributed by atoms with Crippen molar-refractivity contribution in [2.24, 2.45) is 0 Å². The van der Waals surface area contributed by atoms with Crippen LogP contribution in [-0.2, 0) is 4.74 Å². The van der Waals surface area contributed by atoms with Gasteiger partial charge in [-0.3, -0.25) is 0 Å². The molecule has 1 rings (SSSR count). The SMILES string of the molecule is CC(C)(C)OC(=O)NCCOc1cc(F)ccc1C#N. The highest BCUT2D eigenvalue weighted by molar-refractivity contribution is 5.67. The number of carbonyl (C=O) groups is 1. The molecule has 5 nitrogen and oxygen atoms in total. The quantitative estimate of drug-likeness (QED) is 0.860. The Bertz CT molecular complexity index is 518. The van der Waals surface area contributed by atoms with E-state index in [4.69, 9.17) is 14.7 Å². The van der Waals surface area contributed by atoms with Gasteiger partial charge in [-0.2, -0.15) is 5.26 Å². The molecule has 0 saturated carbocycles. The third kappa shape index (κ3) is 5.57. The lowest BCUT2D eigenvalue weighted by molar-refractivity contribution is 0.0520. The highest BCUT2D eigenvalue weighted by Gasteiger charge is 2.15. The number of nitriles is 1. The van der Waals surface area contributed by atoms with E-state index in [9.17, 15) is 9.18 Å². The number of alkyl carbamates (subject to hydrolysis) is 1. The van der Waals surface area contributed by atoms with Gasteiger partial charge >= 0.3 is 6.09 Å². The topological polar surface area (TPSA) is 71.3 Å². The Hall–Kier alpha value is -2.29. The van der Waals surface area contributed by atoms with Crippen molar-refractivity contribution >= 4 is 6.09 Å². The maximum Gasteiger partial charge on any atom is 0.407 e. The second-order valence-corrected chi connectivity index (χ2v) is 5.03. The number of hydrogen-bond donors (Lipinski definition) is 1. The summed E-state index contributed by atoms with van der Waals surface area (Å²) >= 11 is 0. The van der Waals surface area contributed by atoms with Crippen molar-refractivity contribution in [1.82, 2.24) is 5.32 Å². The molecule has 108 valence electrons. The van der Waals surface area contributed by atoms with Gasteiger partial charge in [-0.1, -0.05) is 0 Å². The van der Waals surface area contributed by atoms with Crippen LogP contribution in [0.4, 0.5) is 9.18 Å². The second kappa shape index (κ2) is 6.75. The summed E-state index contributed by atoms with van der Waals surface area (Å²) in [6.07, 6.45) is -0.555. The molecule has 1 amide bonds. The number of ether oxygens (including phenoxy) is 2. The highest BCUT2D eigenvalue weighted by Crippen LogP contribution is 2.18. The molecule has 6 heteroatoms. The van der Waals surface area contributed by atoms with Crippen molar-refractivity contribution in [3.05, 3.63) is 29.6 Å². The maximum atomic E-state index is 13.0. The minimum Gasteiger partial charge on any atom is -0.490 e. The molecule has 0 fully saturated rings. The van der Waals surface area contributed by atoms with Crippen molar-refractivity contribution < 1.29 is 18.7 Å². The summed E-state index contributed by atoms with van der Waals surface area (Å²) in [5.74, 6) is -0.336. The lowest BCUT2D eigenvalue weighted by atomic mass is 10.2. The van der Waals surface area contributed by atoms with E-state index in [0.717, 1.165) is 6.07 Å². The van der Waals surface area contributed by atoms with Crippen LogP contribution in [0.15, 0.2) is 18.2 Å². The maximum absolute atomic E-state index is 13.0. The fourth-order valence-corrected chi connectivity index (χ4v) is 1.34. The fourth-order valence-electron chi connectivity index (χ4n) is 1.34. The molecule has 0 atom stereocenters. The van der Waals surface area contributed by atoms with Crippen LogP contribution < -0.4 is 10.1 Å². The Balaban J connectivity index is 2.40. The van der Waals surface area contributed by atoms with Crippen molar-refractivity contribution in [1.29, 1.82) is 5.26 Å². The molecule has 0 bridgehead atoms. The summed E-state index contributed by atoms with van der Waals surface area (Å²) < 4.78 is 23.3. The molecule has 1 aromatic rings. The average molecular weight is 280 g/mol. The number of nitrogens with zero attached hydrogens (tertiary/aromatic N) is 1. The summed E-state index contributed by atoms with van der Waals surface area (Å²) in [5, 5.41) is 11.3. The first-order valence-electron chi connectivity index (χ1n) is 6.11. The third-order valence-electron chi connectivity index (χ3n) is 2.09. The summed E-state index contributed by atoms with van der Waals surface area (Å²) in [7, 11) is 0. The molecule has 0 aliphatic heterocycles. The highest BCUT2D eigenvalue weighted by atomic mass is 19.1. The Labute approximate surface area is 117 Å². The Kier molecular flexibility index (Phi) is 5.32. The normalized spacial score (nSPS) is 10.6. The van der Waals surface area contributed by atoms with Crippen molar-refractivity contribution in [3.63, 3.8) is 0 Å². The summed E-state index contributed by atoms with van der Waals surface area (Å²) in [4.78, 5) is 11.3. The van der Waals surface area contributed by atoms with Crippen molar-refractivity contribution in [2.75, 3.05) is 13.2 Å². The van der Waals surface area contributed by atoms with Crippen LogP contribution in [0.5, 0.6) is 5.75 Å². The molecule has 0 heterocycles. The van der Waals surface area contributed by atoms with E-state index in [1.54, 1.807) is 20.8 Å². The van der Waals surface area contributed by atoms with Crippen LogP contribution in [-0.4, -0.2) is 24.8 Å². The number of benzene rings is 1. The van der Waals surface area contributed by atoms with Crippen LogP contribution in [0, 0.1) is 17.1 Å². The van der Waals surface area contributed by atoms with E-state index in [1.807, 2.05) is 6.07 Å². The molecule has 0 aliphatic carbocycles. The first-order valence-corrected chi connectivity index (χ1v) is 6.11. The number of carbonyl (C=O) groups excluding carboxylic acids is 1. The number of rotatable bonds is 4. The summed E-state index contributed by atoms with van der Waals surface area (Å²) in [6, 6.07) is 5.55. The molecule has 1 N–H and O–H groups in total. The van der Waals surface area contributed by atoms with Gasteiger partial charge in [0, 0.05) is 6.07 Å². The predicted octanol–water partition coefficient (Wildman–Crippen LogP) is 2.60. The zero-order valence-corrected chi connectivity index (χ0v) is 11.7. The van der Waals surface area contributed by atoms with E-state index in [1.165, 1.54) is 12.1 Å². The zero-order valence-electron chi connectivity index (χ0n) is 11.7. The average Bonchev–Trinajstić information content (AvgIpc) is 2.33. The van der Waals surface area contributed by atoms with Crippen molar-refractivity contribution in [3.8, 4) is 11.8 Å². The second-order valence-electron chi connectivity index (χ2n) is 5.03. The third-order valence-corrected chi connectivity index (χ3v) is 2.09. The lowest BCUT2D eigenvalue weighted by Gasteiger charge is -2.19. The van der Waals surface area contributed by atoms with E-state index in [2.05, 4.69) is 5.32 Å². The monoisotopic (exact) mass is 280 g/mol. The standard InChI is InChI=1S/C14H17FN2O3/c1-14(2,3)20-13(18)17-6-7-19-12-8-11(15)5-4-10(12)9-16/h4-5,8H,6-7H2,1-3H3,(H,17,18). The lowest BCUT2D eigenvalue weighted by Crippen LogP contribution is -2.34. The van der Waals surface area contributed by atoms with Gasteiger partial charge in [0.15, 0.2) is 0 Å².